The summed E-state index contributed by atoms with van der Waals surface area (Å²) < 4.78 is 0. The van der Waals surface area contributed by atoms with Crippen molar-refractivity contribution in [3.8, 4) is 11.4 Å². The molecule has 0 aliphatic carbocycles. The molecule has 3 aromatic rings. The van der Waals surface area contributed by atoms with E-state index in [1.54, 1.807) is 0 Å². The fourth-order valence-corrected chi connectivity index (χ4v) is 2.87. The Balaban J connectivity index is 0.000000880. The molecule has 7 heteroatoms. The van der Waals surface area contributed by atoms with E-state index in [9.17, 15) is 4.79 Å². The van der Waals surface area contributed by atoms with Crippen LogP contribution in [-0.4, -0.2) is 58.1 Å². The van der Waals surface area contributed by atoms with Gasteiger partial charge in [-0.15, -0.1) is 0 Å². The topological polar surface area (TPSA) is 80.9 Å². The number of benzene rings is 1. The summed E-state index contributed by atoms with van der Waals surface area (Å²) in [5, 5.41) is 0. The van der Waals surface area contributed by atoms with Gasteiger partial charge in [0.15, 0.2) is 11.2 Å². The van der Waals surface area contributed by atoms with Crippen molar-refractivity contribution < 1.29 is 0 Å². The number of hydrogen-bond acceptors (Lipinski definition) is 5. The van der Waals surface area contributed by atoms with Crippen molar-refractivity contribution in [1.29, 1.82) is 0 Å². The number of aromatic amines is 2. The first kappa shape index (κ1) is 17.2. The molecule has 0 amide bonds. The number of piperazine rings is 1. The lowest BCUT2D eigenvalue weighted by Crippen LogP contribution is -2.44. The highest BCUT2D eigenvalue weighted by molar-refractivity contribution is 5.72. The third-order valence-corrected chi connectivity index (χ3v) is 4.31. The van der Waals surface area contributed by atoms with Crippen molar-refractivity contribution in [2.45, 2.75) is 13.8 Å². The number of H-pyrrole nitrogens is 2. The Bertz CT molecular complexity index is 874. The molecule has 0 unspecified atom stereocenters. The molecule has 1 aliphatic heterocycles. The van der Waals surface area contributed by atoms with Gasteiger partial charge in [-0.3, -0.25) is 4.79 Å². The zero-order valence-electron chi connectivity index (χ0n) is 14.9. The third-order valence-electron chi connectivity index (χ3n) is 4.31. The molecule has 0 saturated carbocycles. The molecule has 2 N–H and O–H groups in total. The lowest BCUT2D eigenvalue weighted by Gasteiger charge is -2.34. The quantitative estimate of drug-likeness (QED) is 0.747. The van der Waals surface area contributed by atoms with Crippen LogP contribution in [0.1, 0.15) is 13.8 Å². The maximum atomic E-state index is 12.0. The molecular weight excluding hydrogens is 316 g/mol. The van der Waals surface area contributed by atoms with Gasteiger partial charge in [-0.25, -0.2) is 9.97 Å². The molecule has 1 fully saturated rings. The number of nitrogens with zero attached hydrogens (tertiary/aromatic N) is 4. The zero-order valence-corrected chi connectivity index (χ0v) is 14.9. The second kappa shape index (κ2) is 7.48. The Morgan fingerprint density at radius 3 is 2.40 bits per heavy atom. The molecule has 2 aromatic heterocycles. The van der Waals surface area contributed by atoms with Crippen LogP contribution in [0.2, 0.25) is 0 Å². The van der Waals surface area contributed by atoms with Crippen LogP contribution in [0.4, 0.5) is 5.69 Å². The number of likely N-dealkylation sites (N-methyl/N-ethyl adjacent to an activating group) is 1. The zero-order chi connectivity index (χ0) is 17.8. The van der Waals surface area contributed by atoms with Crippen molar-refractivity contribution in [1.82, 2.24) is 24.8 Å². The molecule has 1 aliphatic rings. The first-order valence-electron chi connectivity index (χ1n) is 8.68. The lowest BCUT2D eigenvalue weighted by molar-refractivity contribution is 0.313. The van der Waals surface area contributed by atoms with Gasteiger partial charge in [0.2, 0.25) is 0 Å². The van der Waals surface area contributed by atoms with E-state index in [2.05, 4.69) is 48.9 Å². The van der Waals surface area contributed by atoms with Crippen molar-refractivity contribution in [3.05, 3.63) is 40.9 Å². The van der Waals surface area contributed by atoms with E-state index in [1.165, 1.54) is 12.0 Å². The fourth-order valence-electron chi connectivity index (χ4n) is 2.87. The molecule has 0 radical (unpaired) electrons. The minimum Gasteiger partial charge on any atom is -0.369 e. The van der Waals surface area contributed by atoms with E-state index in [1.807, 2.05) is 26.0 Å². The van der Waals surface area contributed by atoms with Gasteiger partial charge in [0.05, 0.1) is 6.33 Å². The maximum Gasteiger partial charge on any atom is 0.277 e. The minimum absolute atomic E-state index is 0.203. The Hall–Kier alpha value is -2.67. The summed E-state index contributed by atoms with van der Waals surface area (Å²) in [7, 11) is 2.15. The summed E-state index contributed by atoms with van der Waals surface area (Å²) >= 11 is 0. The monoisotopic (exact) mass is 340 g/mol. The summed E-state index contributed by atoms with van der Waals surface area (Å²) in [6, 6.07) is 8.14. The van der Waals surface area contributed by atoms with Crippen LogP contribution in [0, 0.1) is 0 Å². The SMILES string of the molecule is CC.CN1CCN(c2ccc(-c3nc4nc[nH]c4c(=O)[nH]3)cc2)CC1. The maximum absolute atomic E-state index is 12.0. The van der Waals surface area contributed by atoms with E-state index in [4.69, 9.17) is 0 Å². The fraction of sp³-hybridized carbons (Fsp3) is 0.389. The molecular formula is C18H24N6O. The standard InChI is InChI=1S/C16H18N6O.C2H6/c1-21-6-8-22(9-7-21)12-4-2-11(3-5-12)14-19-15-13(16(23)20-14)17-10-18-15;1-2/h2-5,10H,6-9H2,1H3,(H2,17,18,19,20,23);1-2H3. The largest absolute Gasteiger partial charge is 0.369 e. The predicted molar refractivity (Wildman–Crippen MR) is 101 cm³/mol. The van der Waals surface area contributed by atoms with Gasteiger partial charge in [0.1, 0.15) is 5.82 Å². The molecule has 0 bridgehead atoms. The van der Waals surface area contributed by atoms with Crippen LogP contribution in [0.15, 0.2) is 35.4 Å². The van der Waals surface area contributed by atoms with E-state index in [-0.39, 0.29) is 5.56 Å². The molecule has 132 valence electrons. The number of nitrogens with one attached hydrogen (secondary N) is 2. The van der Waals surface area contributed by atoms with E-state index in [0.29, 0.717) is 17.0 Å². The van der Waals surface area contributed by atoms with Crippen LogP contribution < -0.4 is 10.5 Å². The minimum atomic E-state index is -0.203. The van der Waals surface area contributed by atoms with Gasteiger partial charge in [0, 0.05) is 37.4 Å². The van der Waals surface area contributed by atoms with Crippen molar-refractivity contribution in [2.75, 3.05) is 38.1 Å². The predicted octanol–water partition coefficient (Wildman–Crippen LogP) is 2.09. The normalized spacial score (nSPS) is 15.1. The van der Waals surface area contributed by atoms with Crippen molar-refractivity contribution >= 4 is 16.9 Å². The van der Waals surface area contributed by atoms with Gasteiger partial charge in [-0.2, -0.15) is 0 Å². The highest BCUT2D eigenvalue weighted by Crippen LogP contribution is 2.21. The van der Waals surface area contributed by atoms with Gasteiger partial charge < -0.3 is 19.8 Å². The molecule has 0 spiro atoms. The van der Waals surface area contributed by atoms with Gasteiger partial charge >= 0.3 is 0 Å². The molecule has 25 heavy (non-hydrogen) atoms. The average Bonchev–Trinajstić information content (AvgIpc) is 3.13. The molecule has 1 aromatic carbocycles. The lowest BCUT2D eigenvalue weighted by atomic mass is 10.1. The first-order chi connectivity index (χ1) is 12.2. The number of anilines is 1. The second-order valence-corrected chi connectivity index (χ2v) is 5.85. The molecule has 3 heterocycles. The number of fused-ring (bicyclic) bond motifs is 1. The smallest absolute Gasteiger partial charge is 0.277 e. The van der Waals surface area contributed by atoms with E-state index >= 15 is 0 Å². The molecule has 7 nitrogen and oxygen atoms in total. The molecule has 0 atom stereocenters. The highest BCUT2D eigenvalue weighted by Gasteiger charge is 2.14. The summed E-state index contributed by atoms with van der Waals surface area (Å²) in [6.07, 6.45) is 1.48. The summed E-state index contributed by atoms with van der Waals surface area (Å²) in [6.45, 7) is 8.22. The Morgan fingerprint density at radius 1 is 1.04 bits per heavy atom. The summed E-state index contributed by atoms with van der Waals surface area (Å²) in [5.41, 5.74) is 2.72. The van der Waals surface area contributed by atoms with Crippen molar-refractivity contribution in [3.63, 3.8) is 0 Å². The molecule has 4 rings (SSSR count). The summed E-state index contributed by atoms with van der Waals surface area (Å²) in [4.78, 5) is 30.8. The van der Waals surface area contributed by atoms with Gasteiger partial charge in [-0.1, -0.05) is 13.8 Å². The van der Waals surface area contributed by atoms with Gasteiger partial charge in [0.25, 0.3) is 5.56 Å². The van der Waals surface area contributed by atoms with Crippen molar-refractivity contribution in [2.24, 2.45) is 0 Å². The average molecular weight is 340 g/mol. The van der Waals surface area contributed by atoms with Crippen LogP contribution in [0.3, 0.4) is 0 Å². The summed E-state index contributed by atoms with van der Waals surface area (Å²) in [5.74, 6) is 0.541. The number of rotatable bonds is 2. The van der Waals surface area contributed by atoms with E-state index in [0.717, 1.165) is 31.7 Å². The van der Waals surface area contributed by atoms with Crippen LogP contribution in [0.5, 0.6) is 0 Å². The van der Waals surface area contributed by atoms with Crippen LogP contribution >= 0.6 is 0 Å². The Labute approximate surface area is 146 Å². The van der Waals surface area contributed by atoms with Crippen LogP contribution in [0.25, 0.3) is 22.6 Å². The number of imidazole rings is 1. The first-order valence-corrected chi connectivity index (χ1v) is 8.68. The highest BCUT2D eigenvalue weighted by atomic mass is 16.1. The third kappa shape index (κ3) is 3.56. The Morgan fingerprint density at radius 2 is 1.72 bits per heavy atom. The Kier molecular flexibility index (Phi) is 5.14. The number of aromatic nitrogens is 4. The van der Waals surface area contributed by atoms with E-state index < -0.39 is 0 Å². The van der Waals surface area contributed by atoms with Crippen LogP contribution in [-0.2, 0) is 0 Å². The molecule has 1 saturated heterocycles. The number of hydrogen-bond donors (Lipinski definition) is 2. The second-order valence-electron chi connectivity index (χ2n) is 5.85. The van der Waals surface area contributed by atoms with Gasteiger partial charge in [-0.05, 0) is 31.3 Å².